The standard InChI is InChI=1S/C18H24FN5O/c1-14-17(13-22-24(14)16-5-3-15(19)4-6-16)18(25)21-7-2-10-23-11-8-20-9-12-23/h3-6,13,20H,2,7-12H2,1H3,(H,21,25). The molecular formula is C18H24FN5O. The van der Waals surface area contributed by atoms with Gasteiger partial charge in [0.25, 0.3) is 5.91 Å². The molecule has 1 amide bonds. The molecule has 0 radical (unpaired) electrons. The van der Waals surface area contributed by atoms with E-state index in [4.69, 9.17) is 0 Å². The van der Waals surface area contributed by atoms with Gasteiger partial charge >= 0.3 is 0 Å². The van der Waals surface area contributed by atoms with E-state index in [2.05, 4.69) is 20.6 Å². The summed E-state index contributed by atoms with van der Waals surface area (Å²) in [6.45, 7) is 7.68. The second-order valence-electron chi connectivity index (χ2n) is 6.23. The number of piperazine rings is 1. The number of carbonyl (C=O) groups is 1. The first-order chi connectivity index (χ1) is 12.1. The zero-order valence-electron chi connectivity index (χ0n) is 14.5. The SMILES string of the molecule is Cc1c(C(=O)NCCCN2CCNCC2)cnn1-c1ccc(F)cc1. The molecule has 1 fully saturated rings. The van der Waals surface area contributed by atoms with Gasteiger partial charge in [0.05, 0.1) is 23.1 Å². The molecule has 1 aliphatic heterocycles. The molecule has 7 heteroatoms. The van der Waals surface area contributed by atoms with Crippen LogP contribution in [0, 0.1) is 12.7 Å². The third-order valence-corrected chi connectivity index (χ3v) is 4.47. The molecule has 0 bridgehead atoms. The second-order valence-corrected chi connectivity index (χ2v) is 6.23. The van der Waals surface area contributed by atoms with Crippen LogP contribution in [0.2, 0.25) is 0 Å². The topological polar surface area (TPSA) is 62.2 Å². The van der Waals surface area contributed by atoms with Crippen LogP contribution in [-0.4, -0.2) is 59.9 Å². The highest BCUT2D eigenvalue weighted by molar-refractivity contribution is 5.95. The minimum atomic E-state index is -0.295. The molecule has 0 saturated carbocycles. The Morgan fingerprint density at radius 3 is 2.72 bits per heavy atom. The van der Waals surface area contributed by atoms with E-state index in [1.54, 1.807) is 23.0 Å². The molecule has 25 heavy (non-hydrogen) atoms. The first kappa shape index (κ1) is 17.6. The third kappa shape index (κ3) is 4.43. The van der Waals surface area contributed by atoms with E-state index in [0.29, 0.717) is 12.1 Å². The van der Waals surface area contributed by atoms with Gasteiger partial charge in [-0.05, 0) is 44.2 Å². The van der Waals surface area contributed by atoms with E-state index in [-0.39, 0.29) is 11.7 Å². The van der Waals surface area contributed by atoms with E-state index in [1.807, 2.05) is 6.92 Å². The molecule has 2 aromatic rings. The van der Waals surface area contributed by atoms with Gasteiger partial charge in [-0.3, -0.25) is 4.79 Å². The smallest absolute Gasteiger partial charge is 0.254 e. The Morgan fingerprint density at radius 2 is 2.00 bits per heavy atom. The van der Waals surface area contributed by atoms with Gasteiger partial charge in [-0.25, -0.2) is 9.07 Å². The first-order valence-electron chi connectivity index (χ1n) is 8.67. The molecule has 6 nitrogen and oxygen atoms in total. The van der Waals surface area contributed by atoms with Crippen molar-refractivity contribution in [3.05, 3.63) is 47.5 Å². The Kier molecular flexibility index (Phi) is 5.78. The van der Waals surface area contributed by atoms with Crippen molar-refractivity contribution in [3.8, 4) is 5.69 Å². The molecule has 0 atom stereocenters. The van der Waals surface area contributed by atoms with E-state index in [1.165, 1.54) is 12.1 Å². The summed E-state index contributed by atoms with van der Waals surface area (Å²) in [6, 6.07) is 6.05. The van der Waals surface area contributed by atoms with Crippen LogP contribution < -0.4 is 10.6 Å². The van der Waals surface area contributed by atoms with Crippen molar-refractivity contribution in [1.82, 2.24) is 25.3 Å². The Morgan fingerprint density at radius 1 is 1.28 bits per heavy atom. The predicted octanol–water partition coefficient (Wildman–Crippen LogP) is 1.34. The van der Waals surface area contributed by atoms with Crippen LogP contribution in [-0.2, 0) is 0 Å². The molecule has 0 unspecified atom stereocenters. The highest BCUT2D eigenvalue weighted by Crippen LogP contribution is 2.14. The number of nitrogens with zero attached hydrogens (tertiary/aromatic N) is 3. The average Bonchev–Trinajstić information content (AvgIpc) is 3.02. The summed E-state index contributed by atoms with van der Waals surface area (Å²) in [7, 11) is 0. The van der Waals surface area contributed by atoms with Crippen molar-refractivity contribution in [2.75, 3.05) is 39.3 Å². The number of nitrogens with one attached hydrogen (secondary N) is 2. The Bertz CT molecular complexity index is 707. The lowest BCUT2D eigenvalue weighted by molar-refractivity contribution is 0.0950. The number of amides is 1. The van der Waals surface area contributed by atoms with Gasteiger partial charge in [0.1, 0.15) is 5.82 Å². The predicted molar refractivity (Wildman–Crippen MR) is 94.5 cm³/mol. The lowest BCUT2D eigenvalue weighted by atomic mass is 10.2. The van der Waals surface area contributed by atoms with E-state index in [9.17, 15) is 9.18 Å². The van der Waals surface area contributed by atoms with E-state index in [0.717, 1.165) is 50.5 Å². The average molecular weight is 345 g/mol. The minimum Gasteiger partial charge on any atom is -0.352 e. The Balaban J connectivity index is 1.53. The second kappa shape index (κ2) is 8.22. The first-order valence-corrected chi connectivity index (χ1v) is 8.67. The summed E-state index contributed by atoms with van der Waals surface area (Å²) >= 11 is 0. The van der Waals surface area contributed by atoms with Crippen molar-refractivity contribution in [3.63, 3.8) is 0 Å². The van der Waals surface area contributed by atoms with Gasteiger partial charge in [-0.15, -0.1) is 0 Å². The van der Waals surface area contributed by atoms with Gasteiger partial charge in [0.2, 0.25) is 0 Å². The number of hydrogen-bond acceptors (Lipinski definition) is 4. The fourth-order valence-electron chi connectivity index (χ4n) is 3.01. The van der Waals surface area contributed by atoms with Crippen molar-refractivity contribution in [2.45, 2.75) is 13.3 Å². The Labute approximate surface area is 147 Å². The Hall–Kier alpha value is -2.25. The molecule has 1 aromatic heterocycles. The minimum absolute atomic E-state index is 0.119. The fourth-order valence-corrected chi connectivity index (χ4v) is 3.01. The zero-order chi connectivity index (χ0) is 17.6. The summed E-state index contributed by atoms with van der Waals surface area (Å²) in [5.74, 6) is -0.415. The van der Waals surface area contributed by atoms with Crippen LogP contribution in [0.3, 0.4) is 0 Å². The van der Waals surface area contributed by atoms with E-state index >= 15 is 0 Å². The zero-order valence-corrected chi connectivity index (χ0v) is 14.5. The fraction of sp³-hybridized carbons (Fsp3) is 0.444. The van der Waals surface area contributed by atoms with E-state index < -0.39 is 0 Å². The van der Waals surface area contributed by atoms with Crippen LogP contribution in [0.5, 0.6) is 0 Å². The number of aromatic nitrogens is 2. The van der Waals surface area contributed by atoms with Crippen LogP contribution in [0.15, 0.2) is 30.5 Å². The number of hydrogen-bond donors (Lipinski definition) is 2. The number of carbonyl (C=O) groups excluding carboxylic acids is 1. The van der Waals surface area contributed by atoms with Crippen LogP contribution >= 0.6 is 0 Å². The van der Waals surface area contributed by atoms with Gasteiger partial charge in [0, 0.05) is 32.7 Å². The summed E-state index contributed by atoms with van der Waals surface area (Å²) in [4.78, 5) is 14.8. The maximum absolute atomic E-state index is 13.0. The summed E-state index contributed by atoms with van der Waals surface area (Å²) < 4.78 is 14.7. The maximum Gasteiger partial charge on any atom is 0.254 e. The van der Waals surface area contributed by atoms with Crippen LogP contribution in [0.1, 0.15) is 22.5 Å². The molecule has 134 valence electrons. The maximum atomic E-state index is 13.0. The monoisotopic (exact) mass is 345 g/mol. The normalized spacial score (nSPS) is 15.3. The molecule has 1 aromatic carbocycles. The number of halogens is 1. The van der Waals surface area contributed by atoms with Gasteiger partial charge in [-0.2, -0.15) is 5.10 Å². The molecule has 3 rings (SSSR count). The molecular weight excluding hydrogens is 321 g/mol. The molecule has 0 aliphatic carbocycles. The van der Waals surface area contributed by atoms with Crippen molar-refractivity contribution in [1.29, 1.82) is 0 Å². The summed E-state index contributed by atoms with van der Waals surface area (Å²) in [5.41, 5.74) is 2.02. The van der Waals surface area contributed by atoms with Crippen LogP contribution in [0.25, 0.3) is 5.69 Å². The van der Waals surface area contributed by atoms with Crippen molar-refractivity contribution in [2.24, 2.45) is 0 Å². The summed E-state index contributed by atoms with van der Waals surface area (Å²) in [6.07, 6.45) is 2.49. The summed E-state index contributed by atoms with van der Waals surface area (Å²) in [5, 5.41) is 10.5. The van der Waals surface area contributed by atoms with Gasteiger partial charge in [0.15, 0.2) is 0 Å². The highest BCUT2D eigenvalue weighted by atomic mass is 19.1. The molecule has 1 saturated heterocycles. The molecule has 2 N–H and O–H groups in total. The van der Waals surface area contributed by atoms with Gasteiger partial charge in [-0.1, -0.05) is 0 Å². The lowest BCUT2D eigenvalue weighted by Crippen LogP contribution is -2.44. The van der Waals surface area contributed by atoms with Crippen molar-refractivity contribution < 1.29 is 9.18 Å². The molecule has 2 heterocycles. The molecule has 1 aliphatic rings. The van der Waals surface area contributed by atoms with Gasteiger partial charge < -0.3 is 15.5 Å². The highest BCUT2D eigenvalue weighted by Gasteiger charge is 2.15. The largest absolute Gasteiger partial charge is 0.352 e. The third-order valence-electron chi connectivity index (χ3n) is 4.47. The number of rotatable bonds is 6. The number of benzene rings is 1. The molecule has 0 spiro atoms. The lowest BCUT2D eigenvalue weighted by Gasteiger charge is -2.27. The quantitative estimate of drug-likeness (QED) is 0.776. The van der Waals surface area contributed by atoms with Crippen LogP contribution in [0.4, 0.5) is 4.39 Å². The van der Waals surface area contributed by atoms with Crippen molar-refractivity contribution >= 4 is 5.91 Å².